The Morgan fingerprint density at radius 3 is 2.53 bits per heavy atom. The second kappa shape index (κ2) is 5.59. The summed E-state index contributed by atoms with van der Waals surface area (Å²) < 4.78 is 0. The van der Waals surface area contributed by atoms with E-state index in [-0.39, 0.29) is 0 Å². The number of rotatable bonds is 3. The van der Waals surface area contributed by atoms with E-state index < -0.39 is 0 Å². The van der Waals surface area contributed by atoms with Crippen LogP contribution in [0.25, 0.3) is 0 Å². The molecule has 3 N–H and O–H groups in total. The molecule has 2 rings (SSSR count). The minimum absolute atomic E-state index is 0.347. The number of thiocarbonyl (C=S) groups is 1. The van der Waals surface area contributed by atoms with Crippen LogP contribution in [0.4, 0.5) is 11.4 Å². The van der Waals surface area contributed by atoms with Crippen LogP contribution in [0.2, 0.25) is 5.02 Å². The molecule has 98 valence electrons. The van der Waals surface area contributed by atoms with E-state index in [2.05, 4.69) is 25.2 Å². The molecule has 0 aliphatic heterocycles. The Bertz CT molecular complexity index is 638. The third-order valence-electron chi connectivity index (χ3n) is 3.13. The highest BCUT2D eigenvalue weighted by molar-refractivity contribution is 7.80. The summed E-state index contributed by atoms with van der Waals surface area (Å²) in [6.45, 7) is 4.16. The van der Waals surface area contributed by atoms with E-state index in [4.69, 9.17) is 29.6 Å². The molecule has 0 aliphatic carbocycles. The summed E-state index contributed by atoms with van der Waals surface area (Å²) in [7, 11) is 0. The Kier molecular flexibility index (Phi) is 4.08. The zero-order chi connectivity index (χ0) is 14.0. The quantitative estimate of drug-likeness (QED) is 0.826. The van der Waals surface area contributed by atoms with Gasteiger partial charge in [-0.05, 0) is 49.2 Å². The van der Waals surface area contributed by atoms with E-state index in [0.29, 0.717) is 10.0 Å². The Morgan fingerprint density at radius 2 is 1.89 bits per heavy atom. The summed E-state index contributed by atoms with van der Waals surface area (Å²) in [5.41, 5.74) is 10.7. The van der Waals surface area contributed by atoms with Gasteiger partial charge in [-0.25, -0.2) is 0 Å². The third kappa shape index (κ3) is 3.06. The van der Waals surface area contributed by atoms with Crippen LogP contribution in [0.15, 0.2) is 36.4 Å². The van der Waals surface area contributed by atoms with Gasteiger partial charge in [0.1, 0.15) is 4.99 Å². The van der Waals surface area contributed by atoms with Crippen molar-refractivity contribution in [2.45, 2.75) is 13.8 Å². The van der Waals surface area contributed by atoms with Gasteiger partial charge in [0, 0.05) is 11.3 Å². The first kappa shape index (κ1) is 13.8. The second-order valence-electron chi connectivity index (χ2n) is 4.43. The van der Waals surface area contributed by atoms with Crippen molar-refractivity contribution in [2.75, 3.05) is 5.32 Å². The van der Waals surface area contributed by atoms with Crippen molar-refractivity contribution in [1.29, 1.82) is 0 Å². The maximum Gasteiger partial charge on any atom is 0.104 e. The van der Waals surface area contributed by atoms with Crippen molar-refractivity contribution >= 4 is 40.2 Å². The van der Waals surface area contributed by atoms with Crippen LogP contribution in [-0.4, -0.2) is 4.99 Å². The lowest BCUT2D eigenvalue weighted by Crippen LogP contribution is -2.09. The van der Waals surface area contributed by atoms with Crippen LogP contribution in [0.3, 0.4) is 0 Å². The summed E-state index contributed by atoms with van der Waals surface area (Å²) in [6.07, 6.45) is 0. The van der Waals surface area contributed by atoms with Gasteiger partial charge in [0.25, 0.3) is 0 Å². The van der Waals surface area contributed by atoms with Gasteiger partial charge in [-0.3, -0.25) is 0 Å². The third-order valence-corrected chi connectivity index (χ3v) is 3.68. The van der Waals surface area contributed by atoms with E-state index in [9.17, 15) is 0 Å². The van der Waals surface area contributed by atoms with E-state index >= 15 is 0 Å². The summed E-state index contributed by atoms with van der Waals surface area (Å²) in [6, 6.07) is 11.7. The molecule has 0 fully saturated rings. The van der Waals surface area contributed by atoms with Gasteiger partial charge >= 0.3 is 0 Å². The van der Waals surface area contributed by atoms with Gasteiger partial charge in [0.2, 0.25) is 0 Å². The molecule has 0 amide bonds. The lowest BCUT2D eigenvalue weighted by atomic mass is 10.1. The number of halogens is 1. The second-order valence-corrected chi connectivity index (χ2v) is 5.28. The molecule has 2 aromatic carbocycles. The monoisotopic (exact) mass is 290 g/mol. The molecule has 2 aromatic rings. The van der Waals surface area contributed by atoms with Crippen molar-refractivity contribution in [3.05, 3.63) is 58.1 Å². The molecule has 0 aliphatic rings. The first-order valence-electron chi connectivity index (χ1n) is 5.91. The van der Waals surface area contributed by atoms with E-state index in [1.165, 1.54) is 11.1 Å². The first-order valence-corrected chi connectivity index (χ1v) is 6.70. The number of benzene rings is 2. The summed E-state index contributed by atoms with van der Waals surface area (Å²) in [5.74, 6) is 0. The van der Waals surface area contributed by atoms with E-state index in [0.717, 1.165) is 16.9 Å². The van der Waals surface area contributed by atoms with Crippen molar-refractivity contribution in [2.24, 2.45) is 5.73 Å². The van der Waals surface area contributed by atoms with Crippen LogP contribution in [0.1, 0.15) is 16.7 Å². The number of hydrogen-bond donors (Lipinski definition) is 2. The van der Waals surface area contributed by atoms with Gasteiger partial charge in [-0.2, -0.15) is 0 Å². The summed E-state index contributed by atoms with van der Waals surface area (Å²) in [5, 5.41) is 3.93. The van der Waals surface area contributed by atoms with Gasteiger partial charge in [0.05, 0.1) is 10.7 Å². The Hall–Kier alpha value is -1.58. The predicted octanol–water partition coefficient (Wildman–Crippen LogP) is 4.33. The number of aryl methyl sites for hydroxylation is 1. The Labute approximate surface area is 123 Å². The Balaban J connectivity index is 2.34. The molecule has 0 saturated heterocycles. The average molecular weight is 291 g/mol. The molecule has 0 heterocycles. The van der Waals surface area contributed by atoms with Gasteiger partial charge in [-0.1, -0.05) is 36.0 Å². The van der Waals surface area contributed by atoms with Crippen LogP contribution in [0.5, 0.6) is 0 Å². The van der Waals surface area contributed by atoms with E-state index in [1.807, 2.05) is 24.3 Å². The summed E-state index contributed by atoms with van der Waals surface area (Å²) in [4.78, 5) is 0.347. The molecule has 0 spiro atoms. The average Bonchev–Trinajstić information content (AvgIpc) is 2.37. The van der Waals surface area contributed by atoms with Crippen molar-refractivity contribution < 1.29 is 0 Å². The highest BCUT2D eigenvalue weighted by Crippen LogP contribution is 2.28. The smallest absolute Gasteiger partial charge is 0.104 e. The van der Waals surface area contributed by atoms with Gasteiger partial charge < -0.3 is 11.1 Å². The molecular formula is C15H15ClN2S. The zero-order valence-corrected chi connectivity index (χ0v) is 12.4. The molecule has 19 heavy (non-hydrogen) atoms. The molecule has 0 aromatic heterocycles. The fourth-order valence-electron chi connectivity index (χ4n) is 1.80. The molecule has 4 heteroatoms. The molecule has 0 unspecified atom stereocenters. The molecule has 0 atom stereocenters. The maximum atomic E-state index is 6.24. The molecule has 0 saturated carbocycles. The standard InChI is InChI=1S/C15H15ClN2S/c1-9-4-3-5-13(10(9)2)18-14-7-6-11(15(17)19)8-12(14)16/h3-8,18H,1-2H3,(H2,17,19). The normalized spacial score (nSPS) is 10.3. The lowest BCUT2D eigenvalue weighted by molar-refractivity contribution is 1.33. The fraction of sp³-hybridized carbons (Fsp3) is 0.133. The van der Waals surface area contributed by atoms with Crippen LogP contribution >= 0.6 is 23.8 Å². The lowest BCUT2D eigenvalue weighted by Gasteiger charge is -2.13. The highest BCUT2D eigenvalue weighted by atomic mass is 35.5. The van der Waals surface area contributed by atoms with Crippen molar-refractivity contribution in [3.63, 3.8) is 0 Å². The van der Waals surface area contributed by atoms with Crippen LogP contribution in [-0.2, 0) is 0 Å². The number of anilines is 2. The Morgan fingerprint density at radius 1 is 1.16 bits per heavy atom. The highest BCUT2D eigenvalue weighted by Gasteiger charge is 2.06. The fourth-order valence-corrected chi connectivity index (χ4v) is 2.16. The van der Waals surface area contributed by atoms with Crippen LogP contribution in [0, 0.1) is 13.8 Å². The molecule has 0 bridgehead atoms. The number of nitrogens with one attached hydrogen (secondary N) is 1. The summed E-state index contributed by atoms with van der Waals surface area (Å²) >= 11 is 11.2. The minimum atomic E-state index is 0.347. The number of hydrogen-bond acceptors (Lipinski definition) is 2. The topological polar surface area (TPSA) is 38.0 Å². The first-order chi connectivity index (χ1) is 8.99. The number of nitrogens with two attached hydrogens (primary N) is 1. The molecular weight excluding hydrogens is 276 g/mol. The molecule has 0 radical (unpaired) electrons. The predicted molar refractivity (Wildman–Crippen MR) is 86.5 cm³/mol. The van der Waals surface area contributed by atoms with Crippen molar-refractivity contribution in [1.82, 2.24) is 0 Å². The van der Waals surface area contributed by atoms with E-state index in [1.54, 1.807) is 6.07 Å². The van der Waals surface area contributed by atoms with Crippen LogP contribution < -0.4 is 11.1 Å². The minimum Gasteiger partial charge on any atom is -0.389 e. The largest absolute Gasteiger partial charge is 0.389 e. The zero-order valence-electron chi connectivity index (χ0n) is 10.8. The van der Waals surface area contributed by atoms with Crippen molar-refractivity contribution in [3.8, 4) is 0 Å². The van der Waals surface area contributed by atoms with Gasteiger partial charge in [0.15, 0.2) is 0 Å². The molecule has 2 nitrogen and oxygen atoms in total. The van der Waals surface area contributed by atoms with Gasteiger partial charge in [-0.15, -0.1) is 0 Å². The maximum absolute atomic E-state index is 6.24. The SMILES string of the molecule is Cc1cccc(Nc2ccc(C(N)=S)cc2Cl)c1C.